The molecular formula is C26H24N4O10S2. The second kappa shape index (κ2) is 13.5. The lowest BCUT2D eigenvalue weighted by molar-refractivity contribution is 0.0679. The molecule has 0 heterocycles. The molecule has 0 aliphatic heterocycles. The molecule has 0 spiro atoms. The first-order valence-electron chi connectivity index (χ1n) is 11.5. The molecular weight excluding hydrogens is 592 g/mol. The van der Waals surface area contributed by atoms with E-state index < -0.39 is 32.0 Å². The van der Waals surface area contributed by atoms with E-state index in [4.69, 9.17) is 31.4 Å². The summed E-state index contributed by atoms with van der Waals surface area (Å²) in [5.41, 5.74) is 11.5. The Morgan fingerprint density at radius 1 is 0.548 bits per heavy atom. The minimum Gasteiger partial charge on any atom is -0.478 e. The molecule has 4 aromatic carbocycles. The third kappa shape index (κ3) is 8.42. The maximum atomic E-state index is 12.0. The van der Waals surface area contributed by atoms with Crippen LogP contribution in [-0.2, 0) is 20.0 Å². The van der Waals surface area contributed by atoms with Crippen LogP contribution in [-0.4, -0.2) is 39.0 Å². The van der Waals surface area contributed by atoms with Crippen molar-refractivity contribution in [3.8, 4) is 11.5 Å². The van der Waals surface area contributed by atoms with Crippen LogP contribution in [0.25, 0.3) is 0 Å². The van der Waals surface area contributed by atoms with Crippen LogP contribution >= 0.6 is 0 Å². The predicted octanol–water partition coefficient (Wildman–Crippen LogP) is 2.48. The van der Waals surface area contributed by atoms with E-state index in [1.807, 2.05) is 9.77 Å². The number of nitrogen functional groups attached to an aromatic ring is 2. The topological polar surface area (TPSA) is 237 Å². The number of rotatable bonds is 10. The Morgan fingerprint density at radius 3 is 1.17 bits per heavy atom. The fraction of sp³-hybridized carbons (Fsp3) is 0. The van der Waals surface area contributed by atoms with Gasteiger partial charge in [0.2, 0.25) is 0 Å². The first-order chi connectivity index (χ1) is 19.8. The van der Waals surface area contributed by atoms with Gasteiger partial charge in [-0.2, -0.15) is 0 Å². The van der Waals surface area contributed by atoms with Crippen molar-refractivity contribution in [3.05, 3.63) is 108 Å². The lowest BCUT2D eigenvalue weighted by Crippen LogP contribution is -2.28. The van der Waals surface area contributed by atoms with E-state index in [1.165, 1.54) is 97.1 Å². The Labute approximate surface area is 240 Å². The number of nitrogens with one attached hydrogen (secondary N) is 2. The fourth-order valence-corrected chi connectivity index (χ4v) is 4.63. The van der Waals surface area contributed by atoms with Crippen LogP contribution < -0.4 is 30.9 Å². The molecule has 0 radical (unpaired) electrons. The number of anilines is 2. The molecule has 0 saturated carbocycles. The summed E-state index contributed by atoms with van der Waals surface area (Å²) in [4.78, 5) is 35.4. The molecule has 0 amide bonds. The molecule has 0 fully saturated rings. The van der Waals surface area contributed by atoms with Gasteiger partial charge in [-0.3, -0.25) is 0 Å². The Hall–Kier alpha value is -5.16. The van der Waals surface area contributed by atoms with Crippen molar-refractivity contribution in [1.29, 1.82) is 0 Å². The molecule has 4 aromatic rings. The fourth-order valence-electron chi connectivity index (χ4n) is 3.05. The van der Waals surface area contributed by atoms with Gasteiger partial charge in [0, 0.05) is 11.4 Å². The number of nitrogens with two attached hydrogens (primary N) is 2. The van der Waals surface area contributed by atoms with E-state index in [0.29, 0.717) is 11.4 Å². The van der Waals surface area contributed by atoms with Crippen molar-refractivity contribution < 1.29 is 46.3 Å². The standard InChI is InChI=1S/2C13H12N2O5S/c2*14-9-5-7-10(8-6-9)21(18,19)15-20-12-4-2-1-3-11(12)13(16)17/h2*1-8,15H,14H2,(H,16,17). The van der Waals surface area contributed by atoms with E-state index >= 15 is 0 Å². The van der Waals surface area contributed by atoms with E-state index in [9.17, 15) is 26.4 Å². The van der Waals surface area contributed by atoms with Gasteiger partial charge >= 0.3 is 11.9 Å². The van der Waals surface area contributed by atoms with Gasteiger partial charge in [0.1, 0.15) is 11.1 Å². The molecule has 0 saturated heterocycles. The van der Waals surface area contributed by atoms with Gasteiger partial charge < -0.3 is 31.4 Å². The van der Waals surface area contributed by atoms with Crippen LogP contribution in [0.1, 0.15) is 20.7 Å². The SMILES string of the molecule is Nc1ccc(S(=O)(=O)NOc2ccccc2C(=O)O)cc1.Nc1ccc(S(=O)(=O)NOc2ccccc2C(=O)O)cc1. The largest absolute Gasteiger partial charge is 0.478 e. The molecule has 8 N–H and O–H groups in total. The number of carbonyl (C=O) groups is 2. The molecule has 0 aliphatic rings. The molecule has 16 heteroatoms. The molecule has 0 aromatic heterocycles. The van der Waals surface area contributed by atoms with Gasteiger partial charge in [0.15, 0.2) is 11.5 Å². The summed E-state index contributed by atoms with van der Waals surface area (Å²) in [7, 11) is -7.88. The molecule has 14 nitrogen and oxygen atoms in total. The lowest BCUT2D eigenvalue weighted by Gasteiger charge is -2.10. The zero-order valence-electron chi connectivity index (χ0n) is 21.4. The maximum Gasteiger partial charge on any atom is 0.339 e. The highest BCUT2D eigenvalue weighted by Gasteiger charge is 2.18. The van der Waals surface area contributed by atoms with Gasteiger partial charge in [-0.1, -0.05) is 24.3 Å². The van der Waals surface area contributed by atoms with Gasteiger partial charge in [0.05, 0.1) is 9.79 Å². The monoisotopic (exact) mass is 616 g/mol. The number of hydrogen-bond acceptors (Lipinski definition) is 10. The van der Waals surface area contributed by atoms with E-state index in [1.54, 1.807) is 0 Å². The first-order valence-corrected chi connectivity index (χ1v) is 14.5. The van der Waals surface area contributed by atoms with Crippen LogP contribution in [0.15, 0.2) is 107 Å². The van der Waals surface area contributed by atoms with Crippen molar-refractivity contribution in [2.24, 2.45) is 0 Å². The molecule has 220 valence electrons. The minimum absolute atomic E-state index is 0.0514. The number of para-hydroxylation sites is 2. The average molecular weight is 617 g/mol. The van der Waals surface area contributed by atoms with Gasteiger partial charge in [-0.05, 0) is 82.6 Å². The molecule has 42 heavy (non-hydrogen) atoms. The van der Waals surface area contributed by atoms with Crippen molar-refractivity contribution in [2.75, 3.05) is 11.5 Å². The quantitative estimate of drug-likeness (QED) is 0.111. The Bertz CT molecular complexity index is 1650. The van der Waals surface area contributed by atoms with Gasteiger partial charge in [0.25, 0.3) is 20.0 Å². The van der Waals surface area contributed by atoms with E-state index in [2.05, 4.69) is 0 Å². The Morgan fingerprint density at radius 2 is 0.857 bits per heavy atom. The van der Waals surface area contributed by atoms with E-state index in [-0.39, 0.29) is 32.4 Å². The molecule has 0 unspecified atom stereocenters. The number of benzene rings is 4. The number of carboxylic acids is 2. The van der Waals surface area contributed by atoms with Gasteiger partial charge in [-0.25, -0.2) is 26.4 Å². The summed E-state index contributed by atoms with van der Waals surface area (Å²) in [5.74, 6) is -2.66. The van der Waals surface area contributed by atoms with Crippen LogP contribution in [0.2, 0.25) is 0 Å². The number of hydrogen-bond donors (Lipinski definition) is 6. The van der Waals surface area contributed by atoms with Crippen LogP contribution in [0.3, 0.4) is 0 Å². The Balaban J connectivity index is 0.000000230. The summed E-state index contributed by atoms with van der Waals surface area (Å²) < 4.78 is 47.9. The molecule has 4 rings (SSSR count). The zero-order valence-corrected chi connectivity index (χ0v) is 23.0. The van der Waals surface area contributed by atoms with Crippen molar-refractivity contribution in [3.63, 3.8) is 0 Å². The lowest BCUT2D eigenvalue weighted by atomic mass is 10.2. The summed E-state index contributed by atoms with van der Waals surface area (Å²) >= 11 is 0. The zero-order chi connectivity index (χ0) is 30.9. The van der Waals surface area contributed by atoms with Crippen LogP contribution in [0.4, 0.5) is 11.4 Å². The highest BCUT2D eigenvalue weighted by atomic mass is 32.2. The second-order valence-corrected chi connectivity index (χ2v) is 11.4. The normalized spacial score (nSPS) is 11.0. The minimum atomic E-state index is -3.94. The highest BCUT2D eigenvalue weighted by Crippen LogP contribution is 2.20. The first kappa shape index (κ1) is 31.4. The predicted molar refractivity (Wildman–Crippen MR) is 150 cm³/mol. The molecule has 0 atom stereocenters. The smallest absolute Gasteiger partial charge is 0.339 e. The molecule has 0 bridgehead atoms. The maximum absolute atomic E-state index is 12.0. The number of carboxylic acid groups (broad SMARTS) is 2. The summed E-state index contributed by atoms with van der Waals surface area (Å²) in [6.07, 6.45) is 0. The second-order valence-electron chi connectivity index (χ2n) is 8.12. The Kier molecular flexibility index (Phi) is 10.1. The van der Waals surface area contributed by atoms with Gasteiger partial charge in [-0.15, -0.1) is 0 Å². The third-order valence-corrected chi connectivity index (χ3v) is 7.53. The van der Waals surface area contributed by atoms with Crippen molar-refractivity contribution >= 4 is 43.4 Å². The summed E-state index contributed by atoms with van der Waals surface area (Å²) in [6.45, 7) is 0. The average Bonchev–Trinajstić information content (AvgIpc) is 2.96. The number of sulfonamides is 2. The van der Waals surface area contributed by atoms with Crippen LogP contribution in [0.5, 0.6) is 11.5 Å². The number of aromatic carboxylic acids is 2. The molecule has 0 aliphatic carbocycles. The van der Waals surface area contributed by atoms with Crippen molar-refractivity contribution in [1.82, 2.24) is 9.77 Å². The summed E-state index contributed by atoms with van der Waals surface area (Å²) in [5, 5.41) is 17.9. The summed E-state index contributed by atoms with van der Waals surface area (Å²) in [6, 6.07) is 22.3. The highest BCUT2D eigenvalue weighted by molar-refractivity contribution is 7.89. The van der Waals surface area contributed by atoms with Crippen LogP contribution in [0, 0.1) is 0 Å². The van der Waals surface area contributed by atoms with Crippen molar-refractivity contribution in [2.45, 2.75) is 9.79 Å². The third-order valence-electron chi connectivity index (χ3n) is 5.14. The van der Waals surface area contributed by atoms with E-state index in [0.717, 1.165) is 0 Å².